The Bertz CT molecular complexity index is 546. The molecule has 0 aliphatic heterocycles. The van der Waals surface area contributed by atoms with Gasteiger partial charge >= 0.3 is 0 Å². The average molecular weight is 262 g/mol. The summed E-state index contributed by atoms with van der Waals surface area (Å²) in [6.07, 6.45) is 2.75. The van der Waals surface area contributed by atoms with Gasteiger partial charge in [0.25, 0.3) is 0 Å². The second-order valence-corrected chi connectivity index (χ2v) is 6.08. The quantitative estimate of drug-likeness (QED) is 0.873. The molecule has 0 spiro atoms. The van der Waals surface area contributed by atoms with Gasteiger partial charge in [0.15, 0.2) is 0 Å². The van der Waals surface area contributed by atoms with E-state index in [1.807, 2.05) is 13.0 Å². The van der Waals surface area contributed by atoms with Gasteiger partial charge in [-0.3, -0.25) is 0 Å². The summed E-state index contributed by atoms with van der Waals surface area (Å²) in [5.74, 6) is -0.284. The molecule has 0 radical (unpaired) electrons. The molecule has 94 valence electrons. The highest BCUT2D eigenvalue weighted by Crippen LogP contribution is 2.36. The second kappa shape index (κ2) is 4.48. The zero-order chi connectivity index (χ0) is 12.7. The molecule has 0 bridgehead atoms. The summed E-state index contributed by atoms with van der Waals surface area (Å²) >= 11 is 1.66. The molecule has 1 nitrogen and oxygen atoms in total. The van der Waals surface area contributed by atoms with E-state index in [1.54, 1.807) is 11.3 Å². The third kappa shape index (κ3) is 2.08. The van der Waals surface area contributed by atoms with E-state index >= 15 is 0 Å². The molecular weight excluding hydrogens is 247 g/mol. The number of hydrogen-bond donors (Lipinski definition) is 1. The fraction of sp³-hybridized carbons (Fsp3) is 0.333. The number of rotatable bonds is 2. The minimum atomic E-state index is -0.699. The van der Waals surface area contributed by atoms with Crippen molar-refractivity contribution >= 4 is 11.3 Å². The van der Waals surface area contributed by atoms with Crippen molar-refractivity contribution in [3.05, 3.63) is 56.5 Å². The van der Waals surface area contributed by atoms with Gasteiger partial charge in [0.1, 0.15) is 11.9 Å². The summed E-state index contributed by atoms with van der Waals surface area (Å²) in [7, 11) is 0. The topological polar surface area (TPSA) is 20.2 Å². The Kier molecular flexibility index (Phi) is 2.96. The number of halogens is 1. The Labute approximate surface area is 110 Å². The van der Waals surface area contributed by atoms with Gasteiger partial charge in [0.2, 0.25) is 0 Å². The van der Waals surface area contributed by atoms with Crippen molar-refractivity contribution in [3.63, 3.8) is 0 Å². The van der Waals surface area contributed by atoms with Gasteiger partial charge in [0, 0.05) is 9.75 Å². The van der Waals surface area contributed by atoms with Gasteiger partial charge in [-0.1, -0.05) is 6.07 Å². The van der Waals surface area contributed by atoms with Crippen LogP contribution in [0.25, 0.3) is 0 Å². The van der Waals surface area contributed by atoms with Crippen LogP contribution in [0, 0.1) is 12.7 Å². The predicted octanol–water partition coefficient (Wildman–Crippen LogP) is 3.77. The van der Waals surface area contributed by atoms with Crippen LogP contribution >= 0.6 is 11.3 Å². The van der Waals surface area contributed by atoms with Gasteiger partial charge in [-0.2, -0.15) is 0 Å². The van der Waals surface area contributed by atoms with E-state index in [-0.39, 0.29) is 5.82 Å². The van der Waals surface area contributed by atoms with Crippen molar-refractivity contribution < 1.29 is 9.50 Å². The van der Waals surface area contributed by atoms with Crippen molar-refractivity contribution in [2.45, 2.75) is 32.3 Å². The summed E-state index contributed by atoms with van der Waals surface area (Å²) < 4.78 is 13.4. The maximum Gasteiger partial charge on any atom is 0.123 e. The number of aryl methyl sites for hydroxylation is 3. The summed E-state index contributed by atoms with van der Waals surface area (Å²) in [5, 5.41) is 10.3. The summed E-state index contributed by atoms with van der Waals surface area (Å²) in [4.78, 5) is 2.32. The molecular formula is C15H15FOS. The van der Waals surface area contributed by atoms with Crippen molar-refractivity contribution in [1.82, 2.24) is 0 Å². The number of aliphatic hydroxyl groups excluding tert-OH is 1. The third-order valence-electron chi connectivity index (χ3n) is 3.42. The Hall–Kier alpha value is -1.19. The molecule has 0 saturated heterocycles. The highest BCUT2D eigenvalue weighted by molar-refractivity contribution is 7.12. The Morgan fingerprint density at radius 3 is 2.78 bits per heavy atom. The molecule has 3 heteroatoms. The first-order valence-electron chi connectivity index (χ1n) is 6.20. The lowest BCUT2D eigenvalue weighted by atomic mass is 10.0. The van der Waals surface area contributed by atoms with Crippen molar-refractivity contribution in [1.29, 1.82) is 0 Å². The van der Waals surface area contributed by atoms with Crippen LogP contribution in [-0.4, -0.2) is 5.11 Å². The number of benzene rings is 1. The monoisotopic (exact) mass is 262 g/mol. The Balaban J connectivity index is 1.95. The Morgan fingerprint density at radius 1 is 1.22 bits per heavy atom. The molecule has 1 unspecified atom stereocenters. The molecule has 1 atom stereocenters. The predicted molar refractivity (Wildman–Crippen MR) is 71.5 cm³/mol. The fourth-order valence-electron chi connectivity index (χ4n) is 2.57. The smallest absolute Gasteiger partial charge is 0.123 e. The van der Waals surface area contributed by atoms with Crippen LogP contribution in [-0.2, 0) is 12.8 Å². The van der Waals surface area contributed by atoms with E-state index in [2.05, 4.69) is 6.07 Å². The summed E-state index contributed by atoms with van der Waals surface area (Å²) in [6, 6.07) is 6.82. The van der Waals surface area contributed by atoms with Crippen molar-refractivity contribution in [2.24, 2.45) is 0 Å². The molecule has 1 aliphatic rings. The molecule has 1 heterocycles. The number of hydrogen-bond acceptors (Lipinski definition) is 2. The van der Waals surface area contributed by atoms with Crippen LogP contribution < -0.4 is 0 Å². The lowest BCUT2D eigenvalue weighted by Gasteiger charge is -2.10. The maximum atomic E-state index is 13.4. The first-order chi connectivity index (χ1) is 8.63. The van der Waals surface area contributed by atoms with E-state index in [0.717, 1.165) is 23.3 Å². The lowest BCUT2D eigenvalue weighted by molar-refractivity contribution is 0.223. The summed E-state index contributed by atoms with van der Waals surface area (Å²) in [5.41, 5.74) is 2.85. The van der Waals surface area contributed by atoms with E-state index in [1.165, 1.54) is 29.0 Å². The van der Waals surface area contributed by atoms with Crippen LogP contribution in [0.1, 0.15) is 39.0 Å². The molecule has 0 saturated carbocycles. The first kappa shape index (κ1) is 11.9. The van der Waals surface area contributed by atoms with Gasteiger partial charge in [-0.25, -0.2) is 4.39 Å². The SMILES string of the molecule is Cc1cc(F)cc(C(O)c2cc3c(s2)CCC3)c1. The third-order valence-corrected chi connectivity index (χ3v) is 4.70. The van der Waals surface area contributed by atoms with Gasteiger partial charge in [-0.05, 0) is 61.1 Å². The number of aliphatic hydroxyl groups is 1. The van der Waals surface area contributed by atoms with Crippen molar-refractivity contribution in [2.75, 3.05) is 0 Å². The van der Waals surface area contributed by atoms with Crippen LogP contribution in [0.2, 0.25) is 0 Å². The fourth-order valence-corrected chi connectivity index (χ4v) is 3.85. The first-order valence-corrected chi connectivity index (χ1v) is 7.02. The van der Waals surface area contributed by atoms with E-state index < -0.39 is 6.10 Å². The van der Waals surface area contributed by atoms with Crippen LogP contribution in [0.4, 0.5) is 4.39 Å². The molecule has 0 fully saturated rings. The van der Waals surface area contributed by atoms with Gasteiger partial charge < -0.3 is 5.11 Å². The number of thiophene rings is 1. The second-order valence-electron chi connectivity index (χ2n) is 4.92. The van der Waals surface area contributed by atoms with Gasteiger partial charge in [-0.15, -0.1) is 11.3 Å². The molecule has 2 aromatic rings. The standard InChI is InChI=1S/C15H15FOS/c1-9-5-11(7-12(16)6-9)15(17)14-8-10-3-2-4-13(10)18-14/h5-8,15,17H,2-4H2,1H3. The van der Waals surface area contributed by atoms with Crippen LogP contribution in [0.3, 0.4) is 0 Å². The van der Waals surface area contributed by atoms with Gasteiger partial charge in [0.05, 0.1) is 0 Å². The molecule has 1 aromatic heterocycles. The van der Waals surface area contributed by atoms with Crippen LogP contribution in [0.15, 0.2) is 24.3 Å². The zero-order valence-electron chi connectivity index (χ0n) is 10.2. The highest BCUT2D eigenvalue weighted by atomic mass is 32.1. The molecule has 1 aliphatic carbocycles. The molecule has 1 N–H and O–H groups in total. The van der Waals surface area contributed by atoms with E-state index in [4.69, 9.17) is 0 Å². The lowest BCUT2D eigenvalue weighted by Crippen LogP contribution is -1.98. The Morgan fingerprint density at radius 2 is 2.06 bits per heavy atom. The highest BCUT2D eigenvalue weighted by Gasteiger charge is 2.20. The summed E-state index contributed by atoms with van der Waals surface area (Å²) in [6.45, 7) is 1.84. The van der Waals surface area contributed by atoms with E-state index in [9.17, 15) is 9.50 Å². The van der Waals surface area contributed by atoms with Crippen LogP contribution in [0.5, 0.6) is 0 Å². The van der Waals surface area contributed by atoms with E-state index in [0.29, 0.717) is 5.56 Å². The minimum Gasteiger partial charge on any atom is -0.383 e. The minimum absolute atomic E-state index is 0.284. The molecule has 1 aromatic carbocycles. The molecule has 18 heavy (non-hydrogen) atoms. The normalized spacial score (nSPS) is 15.7. The zero-order valence-corrected chi connectivity index (χ0v) is 11.1. The maximum absolute atomic E-state index is 13.4. The molecule has 3 rings (SSSR count). The molecule has 0 amide bonds. The largest absolute Gasteiger partial charge is 0.383 e. The number of fused-ring (bicyclic) bond motifs is 1. The average Bonchev–Trinajstić information content (AvgIpc) is 2.86. The van der Waals surface area contributed by atoms with Crippen molar-refractivity contribution in [3.8, 4) is 0 Å².